The molecule has 4 aromatic carbocycles. The molecule has 0 unspecified atom stereocenters. The third kappa shape index (κ3) is 5.56. The fourth-order valence-electron chi connectivity index (χ4n) is 3.08. The molecule has 0 N–H and O–H groups in total. The molecule has 6 heteroatoms. The first kappa shape index (κ1) is 22.5. The average Bonchev–Trinajstić information content (AvgIpc) is 2.85. The predicted molar refractivity (Wildman–Crippen MR) is 125 cm³/mol. The van der Waals surface area contributed by atoms with Gasteiger partial charge in [-0.1, -0.05) is 0 Å². The summed E-state index contributed by atoms with van der Waals surface area (Å²) in [6.45, 7) is 0. The topological polar surface area (TPSA) is 6.48 Å². The summed E-state index contributed by atoms with van der Waals surface area (Å²) in [4.78, 5) is 3.10. The number of hydrogen-bond acceptors (Lipinski definition) is 2. The van der Waals surface area contributed by atoms with Crippen molar-refractivity contribution < 1.29 is 17.6 Å². The molecular formula is C28H16F4N2. The molecule has 0 heterocycles. The van der Waals surface area contributed by atoms with Gasteiger partial charge in [0.1, 0.15) is 23.3 Å². The van der Waals surface area contributed by atoms with Crippen molar-refractivity contribution in [1.82, 2.24) is 0 Å². The van der Waals surface area contributed by atoms with E-state index in [1.165, 1.54) is 48.5 Å². The van der Waals surface area contributed by atoms with E-state index in [1.54, 1.807) is 58.3 Å². The van der Waals surface area contributed by atoms with Gasteiger partial charge in [-0.2, -0.15) is 0 Å². The monoisotopic (exact) mass is 456 g/mol. The third-order valence-electron chi connectivity index (χ3n) is 4.74. The van der Waals surface area contributed by atoms with Crippen molar-refractivity contribution in [2.45, 2.75) is 0 Å². The third-order valence-corrected chi connectivity index (χ3v) is 4.74. The highest BCUT2D eigenvalue weighted by Crippen LogP contribution is 2.26. The van der Waals surface area contributed by atoms with Crippen molar-refractivity contribution in [1.29, 1.82) is 0 Å². The Labute approximate surface area is 194 Å². The summed E-state index contributed by atoms with van der Waals surface area (Å²) < 4.78 is 53.6. The van der Waals surface area contributed by atoms with Crippen LogP contribution in [0.4, 0.5) is 40.3 Å². The van der Waals surface area contributed by atoms with Crippen molar-refractivity contribution in [2.24, 2.45) is 0 Å². The van der Waals surface area contributed by atoms with Crippen LogP contribution < -0.4 is 9.80 Å². The van der Waals surface area contributed by atoms with Gasteiger partial charge < -0.3 is 0 Å². The Morgan fingerprint density at radius 3 is 0.765 bits per heavy atom. The van der Waals surface area contributed by atoms with Crippen LogP contribution in [0.5, 0.6) is 0 Å². The first-order valence-corrected chi connectivity index (χ1v) is 10.1. The van der Waals surface area contributed by atoms with Gasteiger partial charge in [-0.3, -0.25) is 9.80 Å². The van der Waals surface area contributed by atoms with E-state index in [0.29, 0.717) is 22.7 Å². The molecule has 0 aliphatic carbocycles. The van der Waals surface area contributed by atoms with Gasteiger partial charge >= 0.3 is 0 Å². The summed E-state index contributed by atoms with van der Waals surface area (Å²) in [5.74, 6) is 3.89. The number of benzene rings is 4. The maximum atomic E-state index is 13.4. The SMILES string of the molecule is Fc1ccc(N(C#CC#CN(c2ccc(F)cc2)c2ccc(F)cc2)c2ccc(F)cc2)cc1. The lowest BCUT2D eigenvalue weighted by Gasteiger charge is -2.18. The zero-order chi connectivity index (χ0) is 23.9. The Morgan fingerprint density at radius 1 is 0.353 bits per heavy atom. The van der Waals surface area contributed by atoms with Crippen molar-refractivity contribution in [3.63, 3.8) is 0 Å². The van der Waals surface area contributed by atoms with Gasteiger partial charge in [0.05, 0.1) is 22.7 Å². The van der Waals surface area contributed by atoms with Crippen LogP contribution >= 0.6 is 0 Å². The van der Waals surface area contributed by atoms with Crippen LogP contribution in [0.25, 0.3) is 0 Å². The molecule has 0 saturated carbocycles. The largest absolute Gasteiger partial charge is 0.269 e. The van der Waals surface area contributed by atoms with Gasteiger partial charge in [-0.15, -0.1) is 0 Å². The molecular weight excluding hydrogens is 440 g/mol. The molecule has 4 aromatic rings. The van der Waals surface area contributed by atoms with Gasteiger partial charge in [-0.25, -0.2) is 17.6 Å². The van der Waals surface area contributed by atoms with E-state index in [4.69, 9.17) is 0 Å². The fourth-order valence-corrected chi connectivity index (χ4v) is 3.08. The lowest BCUT2D eigenvalue weighted by Crippen LogP contribution is -2.10. The lowest BCUT2D eigenvalue weighted by atomic mass is 10.2. The van der Waals surface area contributed by atoms with E-state index in [-0.39, 0.29) is 0 Å². The minimum Gasteiger partial charge on any atom is -0.269 e. The minimum absolute atomic E-state index is 0.398. The average molecular weight is 456 g/mol. The first-order chi connectivity index (χ1) is 16.5. The number of halogens is 4. The Hall–Kier alpha value is -4.68. The highest BCUT2D eigenvalue weighted by Gasteiger charge is 2.09. The molecule has 0 radical (unpaired) electrons. The van der Waals surface area contributed by atoms with Crippen LogP contribution in [0.15, 0.2) is 97.1 Å². The Balaban J connectivity index is 1.70. The summed E-state index contributed by atoms with van der Waals surface area (Å²) in [5.41, 5.74) is 2.26. The molecule has 0 atom stereocenters. The van der Waals surface area contributed by atoms with E-state index >= 15 is 0 Å². The van der Waals surface area contributed by atoms with E-state index in [9.17, 15) is 17.6 Å². The zero-order valence-corrected chi connectivity index (χ0v) is 17.6. The van der Waals surface area contributed by atoms with E-state index in [2.05, 4.69) is 23.9 Å². The second-order valence-electron chi connectivity index (χ2n) is 7.05. The lowest BCUT2D eigenvalue weighted by molar-refractivity contribution is 0.627. The standard InChI is InChI=1S/C28H16F4N2/c29-21-3-11-25(12-4-21)33(26-13-5-22(30)6-14-26)19-1-2-20-34(27-15-7-23(31)8-16-27)28-17-9-24(32)10-18-28/h3-18H. The summed E-state index contributed by atoms with van der Waals surface area (Å²) in [6.07, 6.45) is 0. The van der Waals surface area contributed by atoms with Crippen LogP contribution in [-0.2, 0) is 0 Å². The normalized spacial score (nSPS) is 9.88. The van der Waals surface area contributed by atoms with Crippen molar-refractivity contribution in [3.05, 3.63) is 120 Å². The molecule has 4 rings (SSSR count). The second-order valence-corrected chi connectivity index (χ2v) is 7.05. The molecule has 0 amide bonds. The summed E-state index contributed by atoms with van der Waals surface area (Å²) in [6, 6.07) is 28.5. The van der Waals surface area contributed by atoms with E-state index in [1.807, 2.05) is 0 Å². The van der Waals surface area contributed by atoms with Crippen LogP contribution in [0.1, 0.15) is 0 Å². The van der Waals surface area contributed by atoms with Crippen LogP contribution in [-0.4, -0.2) is 0 Å². The summed E-state index contributed by atoms with van der Waals surface area (Å²) in [5, 5.41) is 0. The van der Waals surface area contributed by atoms with Crippen molar-refractivity contribution in [3.8, 4) is 23.9 Å². The molecule has 0 bridgehead atoms. The Bertz CT molecular complexity index is 1170. The molecule has 166 valence electrons. The predicted octanol–water partition coefficient (Wildman–Crippen LogP) is 7.14. The summed E-state index contributed by atoms with van der Waals surface area (Å²) in [7, 11) is 0. The Kier molecular flexibility index (Phi) is 6.81. The van der Waals surface area contributed by atoms with Gasteiger partial charge in [0.15, 0.2) is 0 Å². The Morgan fingerprint density at radius 2 is 0.559 bits per heavy atom. The maximum absolute atomic E-state index is 13.4. The smallest absolute Gasteiger partial charge is 0.123 e. The number of anilines is 4. The maximum Gasteiger partial charge on any atom is 0.123 e. The van der Waals surface area contributed by atoms with E-state index < -0.39 is 23.3 Å². The van der Waals surface area contributed by atoms with Crippen molar-refractivity contribution in [2.75, 3.05) is 9.80 Å². The zero-order valence-electron chi connectivity index (χ0n) is 17.6. The van der Waals surface area contributed by atoms with Crippen molar-refractivity contribution >= 4 is 22.7 Å². The molecule has 0 saturated heterocycles. The minimum atomic E-state index is -0.398. The first-order valence-electron chi connectivity index (χ1n) is 10.1. The molecule has 0 spiro atoms. The fraction of sp³-hybridized carbons (Fsp3) is 0. The van der Waals surface area contributed by atoms with Gasteiger partial charge in [0.25, 0.3) is 0 Å². The second kappa shape index (κ2) is 10.3. The van der Waals surface area contributed by atoms with Crippen LogP contribution in [0, 0.1) is 47.2 Å². The van der Waals surface area contributed by atoms with Crippen LogP contribution in [0.2, 0.25) is 0 Å². The quantitative estimate of drug-likeness (QED) is 0.183. The van der Waals surface area contributed by atoms with Gasteiger partial charge in [0, 0.05) is 23.9 Å². The van der Waals surface area contributed by atoms with Crippen LogP contribution in [0.3, 0.4) is 0 Å². The highest BCUT2D eigenvalue weighted by molar-refractivity contribution is 5.70. The molecule has 0 aliphatic heterocycles. The highest BCUT2D eigenvalue weighted by atomic mass is 19.1. The molecule has 0 aromatic heterocycles. The van der Waals surface area contributed by atoms with Gasteiger partial charge in [-0.05, 0) is 97.1 Å². The molecule has 2 nitrogen and oxygen atoms in total. The summed E-state index contributed by atoms with van der Waals surface area (Å²) >= 11 is 0. The van der Waals surface area contributed by atoms with E-state index in [0.717, 1.165) is 0 Å². The number of rotatable bonds is 4. The molecule has 0 fully saturated rings. The molecule has 0 aliphatic rings. The van der Waals surface area contributed by atoms with Gasteiger partial charge in [0.2, 0.25) is 0 Å². The number of nitrogens with zero attached hydrogens (tertiary/aromatic N) is 2. The number of hydrogen-bond donors (Lipinski definition) is 0. The molecule has 34 heavy (non-hydrogen) atoms.